The molecule has 5 heteroatoms. The number of carbonyl (C=O) groups is 1. The molecule has 106 valence electrons. The lowest BCUT2D eigenvalue weighted by Gasteiger charge is -2.23. The summed E-state index contributed by atoms with van der Waals surface area (Å²) < 4.78 is 26.6. The number of nitrogens with one attached hydrogen (secondary N) is 1. The van der Waals surface area contributed by atoms with Crippen LogP contribution in [0.1, 0.15) is 36.2 Å². The molecule has 1 aromatic carbocycles. The summed E-state index contributed by atoms with van der Waals surface area (Å²) in [6.07, 6.45) is 0.736. The van der Waals surface area contributed by atoms with Crippen LogP contribution in [0.3, 0.4) is 0 Å². The van der Waals surface area contributed by atoms with Crippen molar-refractivity contribution in [1.29, 1.82) is 0 Å². The fraction of sp³-hybridized carbons (Fsp3) is 0.500. The predicted octanol–water partition coefficient (Wildman–Crippen LogP) is 3.66. The highest BCUT2D eigenvalue weighted by Crippen LogP contribution is 2.20. The summed E-state index contributed by atoms with van der Waals surface area (Å²) in [6, 6.07) is 1.95. The second-order valence-corrected chi connectivity index (χ2v) is 5.75. The van der Waals surface area contributed by atoms with Crippen molar-refractivity contribution >= 4 is 17.5 Å². The van der Waals surface area contributed by atoms with E-state index in [2.05, 4.69) is 5.32 Å². The minimum absolute atomic E-state index is 0.138. The number of alkyl halides is 1. The van der Waals surface area contributed by atoms with Gasteiger partial charge in [-0.05, 0) is 30.4 Å². The van der Waals surface area contributed by atoms with E-state index in [0.29, 0.717) is 12.4 Å². The van der Waals surface area contributed by atoms with Gasteiger partial charge in [-0.3, -0.25) is 4.79 Å². The molecule has 0 bridgehead atoms. The maximum atomic E-state index is 13.5. The highest BCUT2D eigenvalue weighted by atomic mass is 35.5. The van der Waals surface area contributed by atoms with Crippen molar-refractivity contribution in [2.75, 3.05) is 12.4 Å². The summed E-state index contributed by atoms with van der Waals surface area (Å²) in [4.78, 5) is 11.9. The van der Waals surface area contributed by atoms with Crippen molar-refractivity contribution in [3.8, 4) is 0 Å². The molecule has 0 fully saturated rings. The standard InChI is InChI=1S/C14H18ClF2NO/c1-9-6-10(12(17)7-11(9)16)13(19)18-8-14(2,3)4-5-15/h6-7H,4-5,8H2,1-3H3,(H,18,19). The Labute approximate surface area is 117 Å². The van der Waals surface area contributed by atoms with Crippen molar-refractivity contribution < 1.29 is 13.6 Å². The van der Waals surface area contributed by atoms with Crippen LogP contribution >= 0.6 is 11.6 Å². The molecule has 1 rings (SSSR count). The van der Waals surface area contributed by atoms with Gasteiger partial charge in [0.25, 0.3) is 5.91 Å². The van der Waals surface area contributed by atoms with E-state index in [1.165, 1.54) is 13.0 Å². The van der Waals surface area contributed by atoms with Crippen LogP contribution in [-0.4, -0.2) is 18.3 Å². The molecule has 0 aromatic heterocycles. The molecule has 0 saturated heterocycles. The van der Waals surface area contributed by atoms with Gasteiger partial charge in [-0.15, -0.1) is 11.6 Å². The Morgan fingerprint density at radius 3 is 2.53 bits per heavy atom. The quantitative estimate of drug-likeness (QED) is 0.824. The van der Waals surface area contributed by atoms with Gasteiger partial charge in [0.15, 0.2) is 0 Å². The van der Waals surface area contributed by atoms with Crippen molar-refractivity contribution in [3.63, 3.8) is 0 Å². The normalized spacial score (nSPS) is 11.5. The molecule has 0 saturated carbocycles. The molecular weight excluding hydrogens is 272 g/mol. The third kappa shape index (κ3) is 4.46. The Bertz CT molecular complexity index is 475. The van der Waals surface area contributed by atoms with Crippen molar-refractivity contribution in [3.05, 3.63) is 34.9 Å². The van der Waals surface area contributed by atoms with E-state index in [-0.39, 0.29) is 16.5 Å². The van der Waals surface area contributed by atoms with Gasteiger partial charge in [0.1, 0.15) is 11.6 Å². The first-order chi connectivity index (χ1) is 8.76. The number of benzene rings is 1. The average Bonchev–Trinajstić information content (AvgIpc) is 2.31. The zero-order valence-electron chi connectivity index (χ0n) is 11.3. The molecule has 1 N–H and O–H groups in total. The molecule has 1 amide bonds. The lowest BCUT2D eigenvalue weighted by Crippen LogP contribution is -2.34. The van der Waals surface area contributed by atoms with Gasteiger partial charge in [0, 0.05) is 18.5 Å². The highest BCUT2D eigenvalue weighted by Gasteiger charge is 2.20. The van der Waals surface area contributed by atoms with Crippen LogP contribution in [0.15, 0.2) is 12.1 Å². The van der Waals surface area contributed by atoms with Gasteiger partial charge >= 0.3 is 0 Å². The van der Waals surface area contributed by atoms with Crippen LogP contribution in [0, 0.1) is 24.0 Å². The topological polar surface area (TPSA) is 29.1 Å². The van der Waals surface area contributed by atoms with Crippen molar-refractivity contribution in [2.45, 2.75) is 27.2 Å². The SMILES string of the molecule is Cc1cc(C(=O)NCC(C)(C)CCCl)c(F)cc1F. The second-order valence-electron chi connectivity index (χ2n) is 5.37. The third-order valence-corrected chi connectivity index (χ3v) is 3.18. The molecule has 0 aliphatic rings. The summed E-state index contributed by atoms with van der Waals surface area (Å²) in [5, 5.41) is 2.65. The zero-order chi connectivity index (χ0) is 14.6. The lowest BCUT2D eigenvalue weighted by molar-refractivity contribution is 0.0931. The van der Waals surface area contributed by atoms with E-state index < -0.39 is 17.5 Å². The largest absolute Gasteiger partial charge is 0.351 e. The number of hydrogen-bond donors (Lipinski definition) is 1. The molecule has 19 heavy (non-hydrogen) atoms. The van der Waals surface area contributed by atoms with Gasteiger partial charge in [-0.25, -0.2) is 8.78 Å². The number of carbonyl (C=O) groups excluding carboxylic acids is 1. The Balaban J connectivity index is 2.77. The third-order valence-electron chi connectivity index (χ3n) is 2.99. The van der Waals surface area contributed by atoms with Gasteiger partial charge in [-0.2, -0.15) is 0 Å². The lowest BCUT2D eigenvalue weighted by atomic mass is 9.90. The van der Waals surface area contributed by atoms with Crippen LogP contribution < -0.4 is 5.32 Å². The van der Waals surface area contributed by atoms with E-state index in [9.17, 15) is 13.6 Å². The maximum Gasteiger partial charge on any atom is 0.254 e. The van der Waals surface area contributed by atoms with Crippen LogP contribution in [0.4, 0.5) is 8.78 Å². The predicted molar refractivity (Wildman–Crippen MR) is 72.5 cm³/mol. The molecule has 2 nitrogen and oxygen atoms in total. The molecule has 0 aliphatic heterocycles. The first-order valence-electron chi connectivity index (χ1n) is 6.06. The first-order valence-corrected chi connectivity index (χ1v) is 6.60. The van der Waals surface area contributed by atoms with Crippen LogP contribution in [0.5, 0.6) is 0 Å². The molecule has 0 radical (unpaired) electrons. The van der Waals surface area contributed by atoms with Crippen LogP contribution in [-0.2, 0) is 0 Å². The van der Waals surface area contributed by atoms with E-state index in [1.54, 1.807) is 0 Å². The number of aryl methyl sites for hydroxylation is 1. The second kappa shape index (κ2) is 6.33. The van der Waals surface area contributed by atoms with Gasteiger partial charge in [0.2, 0.25) is 0 Å². The molecule has 0 heterocycles. The molecular formula is C14H18ClF2NO. The minimum Gasteiger partial charge on any atom is -0.351 e. The van der Waals surface area contributed by atoms with E-state index in [1.807, 2.05) is 13.8 Å². The van der Waals surface area contributed by atoms with Crippen molar-refractivity contribution in [1.82, 2.24) is 5.32 Å². The Kier molecular flexibility index (Phi) is 5.29. The highest BCUT2D eigenvalue weighted by molar-refractivity contribution is 6.17. The average molecular weight is 290 g/mol. The van der Waals surface area contributed by atoms with E-state index in [0.717, 1.165) is 12.5 Å². The summed E-state index contributed by atoms with van der Waals surface area (Å²) in [6.45, 7) is 5.79. The Morgan fingerprint density at radius 2 is 1.95 bits per heavy atom. The van der Waals surface area contributed by atoms with Gasteiger partial charge in [-0.1, -0.05) is 13.8 Å². The number of hydrogen-bond acceptors (Lipinski definition) is 1. The minimum atomic E-state index is -0.851. The number of rotatable bonds is 5. The number of halogens is 3. The van der Waals surface area contributed by atoms with Crippen molar-refractivity contribution in [2.24, 2.45) is 5.41 Å². The molecule has 0 aliphatic carbocycles. The molecule has 0 unspecified atom stereocenters. The Morgan fingerprint density at radius 1 is 1.32 bits per heavy atom. The summed E-state index contributed by atoms with van der Waals surface area (Å²) in [7, 11) is 0. The fourth-order valence-electron chi connectivity index (χ4n) is 1.59. The van der Waals surface area contributed by atoms with E-state index in [4.69, 9.17) is 11.6 Å². The number of amides is 1. The monoisotopic (exact) mass is 289 g/mol. The summed E-state index contributed by atoms with van der Waals surface area (Å²) in [5.74, 6) is -1.55. The molecule has 0 spiro atoms. The smallest absolute Gasteiger partial charge is 0.254 e. The Hall–Kier alpha value is -1.16. The summed E-state index contributed by atoms with van der Waals surface area (Å²) >= 11 is 5.67. The van der Waals surface area contributed by atoms with Gasteiger partial charge in [0.05, 0.1) is 5.56 Å². The molecule has 1 aromatic rings. The van der Waals surface area contributed by atoms with Crippen LogP contribution in [0.25, 0.3) is 0 Å². The molecule has 0 atom stereocenters. The zero-order valence-corrected chi connectivity index (χ0v) is 12.1. The van der Waals surface area contributed by atoms with Crippen LogP contribution in [0.2, 0.25) is 0 Å². The summed E-state index contributed by atoms with van der Waals surface area (Å²) in [5.41, 5.74) is -0.0599. The van der Waals surface area contributed by atoms with E-state index >= 15 is 0 Å². The van der Waals surface area contributed by atoms with Gasteiger partial charge < -0.3 is 5.32 Å². The first kappa shape index (κ1) is 15.9. The maximum absolute atomic E-state index is 13.5. The fourth-order valence-corrected chi connectivity index (χ4v) is 2.10.